The molecule has 2 N–H and O–H groups in total. The summed E-state index contributed by atoms with van der Waals surface area (Å²) in [5, 5.41) is 5.06. The number of nitrogens with zero attached hydrogens (tertiary/aromatic N) is 1. The maximum Gasteiger partial charge on any atom is 0.350 e. The minimum absolute atomic E-state index is 0.0702. The van der Waals surface area contributed by atoms with Crippen molar-refractivity contribution < 1.29 is 36.7 Å². The molecule has 3 fully saturated rings. The van der Waals surface area contributed by atoms with E-state index in [1.54, 1.807) is 0 Å². The van der Waals surface area contributed by atoms with E-state index in [9.17, 15) is 28.0 Å². The number of Topliss-reactive ketones (excluding diaryl/α,β-unsaturated/α-hetero) is 1. The highest BCUT2D eigenvalue weighted by Gasteiger charge is 2.55. The van der Waals surface area contributed by atoms with Gasteiger partial charge in [-0.15, -0.1) is 0 Å². The Kier molecular flexibility index (Phi) is 7.14. The zero-order valence-electron chi connectivity index (χ0n) is 18.9. The molecule has 7 nitrogen and oxygen atoms in total. The van der Waals surface area contributed by atoms with Crippen molar-refractivity contribution in [2.24, 2.45) is 17.8 Å². The first-order valence-corrected chi connectivity index (χ1v) is 11.7. The molecule has 0 radical (unpaired) electrons. The van der Waals surface area contributed by atoms with Crippen molar-refractivity contribution in [2.45, 2.75) is 50.1 Å². The molecule has 5 atom stereocenters. The van der Waals surface area contributed by atoms with Gasteiger partial charge in [0.2, 0.25) is 11.8 Å². The molecule has 1 aromatic rings. The van der Waals surface area contributed by atoms with Gasteiger partial charge in [0.25, 0.3) is 5.91 Å². The fourth-order valence-electron chi connectivity index (χ4n) is 5.61. The predicted molar refractivity (Wildman–Crippen MR) is 115 cm³/mol. The molecule has 1 aromatic carbocycles. The molecule has 11 heteroatoms. The number of carbonyl (C=O) groups excluding carboxylic acids is 4. The molecule has 1 saturated carbocycles. The number of benzene rings is 1. The third kappa shape index (κ3) is 4.90. The van der Waals surface area contributed by atoms with Gasteiger partial charge in [-0.05, 0) is 49.7 Å². The van der Waals surface area contributed by atoms with E-state index in [2.05, 4.69) is 10.6 Å². The van der Waals surface area contributed by atoms with E-state index in [4.69, 9.17) is 0 Å². The predicted octanol–water partition coefficient (Wildman–Crippen LogP) is 2.09. The quantitative estimate of drug-likeness (QED) is 0.538. The van der Waals surface area contributed by atoms with Gasteiger partial charge in [-0.25, -0.2) is 8.78 Å². The lowest BCUT2D eigenvalue weighted by atomic mass is 9.92. The van der Waals surface area contributed by atoms with Crippen molar-refractivity contribution in [2.75, 3.05) is 19.8 Å². The SMILES string of the molecule is O=C1NCC[C@H]1C[C@H](NC(=O)[C@H]1[C@@H]2CCC[C@@H]2CN1C(=O)C(F)(F)c1cccc(F)c1)C(=O)CF. The number of rotatable bonds is 8. The van der Waals surface area contributed by atoms with E-state index >= 15 is 8.78 Å². The van der Waals surface area contributed by atoms with E-state index in [0.29, 0.717) is 31.9 Å². The van der Waals surface area contributed by atoms with Crippen LogP contribution in [0.5, 0.6) is 0 Å². The molecule has 0 bridgehead atoms. The Morgan fingerprint density at radius 3 is 2.63 bits per heavy atom. The Hall–Kier alpha value is -2.98. The zero-order valence-corrected chi connectivity index (χ0v) is 18.9. The Balaban J connectivity index is 1.57. The molecule has 2 aliphatic heterocycles. The molecule has 2 heterocycles. The van der Waals surface area contributed by atoms with Crippen LogP contribution in [0.25, 0.3) is 0 Å². The van der Waals surface area contributed by atoms with Gasteiger partial charge in [0.1, 0.15) is 18.5 Å². The lowest BCUT2D eigenvalue weighted by Crippen LogP contribution is -2.55. The van der Waals surface area contributed by atoms with Crippen LogP contribution in [0.4, 0.5) is 17.6 Å². The monoisotopic (exact) mass is 497 g/mol. The largest absolute Gasteiger partial charge is 0.356 e. The van der Waals surface area contributed by atoms with Crippen molar-refractivity contribution in [3.63, 3.8) is 0 Å². The highest BCUT2D eigenvalue weighted by molar-refractivity contribution is 5.95. The number of likely N-dealkylation sites (tertiary alicyclic amines) is 1. The molecule has 0 aromatic heterocycles. The van der Waals surface area contributed by atoms with Gasteiger partial charge in [0.15, 0.2) is 5.78 Å². The van der Waals surface area contributed by atoms with Gasteiger partial charge in [-0.3, -0.25) is 19.2 Å². The summed E-state index contributed by atoms with van der Waals surface area (Å²) in [6.45, 7) is -1.03. The topological polar surface area (TPSA) is 95.6 Å². The highest BCUT2D eigenvalue weighted by atomic mass is 19.3. The third-order valence-electron chi connectivity index (χ3n) is 7.40. The maximum atomic E-state index is 15.1. The van der Waals surface area contributed by atoms with Crippen molar-refractivity contribution in [3.8, 4) is 0 Å². The first kappa shape index (κ1) is 25.1. The van der Waals surface area contributed by atoms with Crippen LogP contribution in [-0.2, 0) is 25.1 Å². The second kappa shape index (κ2) is 9.94. The van der Waals surface area contributed by atoms with E-state index in [0.717, 1.165) is 29.5 Å². The van der Waals surface area contributed by atoms with Crippen LogP contribution in [0.1, 0.15) is 37.7 Å². The summed E-state index contributed by atoms with van der Waals surface area (Å²) in [5.41, 5.74) is -0.823. The number of carbonyl (C=O) groups is 4. The number of amides is 3. The fraction of sp³-hybridized carbons (Fsp3) is 0.583. The maximum absolute atomic E-state index is 15.1. The number of nitrogens with one attached hydrogen (secondary N) is 2. The number of alkyl halides is 3. The Morgan fingerprint density at radius 1 is 1.20 bits per heavy atom. The molecule has 190 valence electrons. The molecular weight excluding hydrogens is 470 g/mol. The molecule has 0 unspecified atom stereocenters. The van der Waals surface area contributed by atoms with Crippen LogP contribution in [0.2, 0.25) is 0 Å². The number of fused-ring (bicyclic) bond motifs is 1. The van der Waals surface area contributed by atoms with Gasteiger partial charge >= 0.3 is 5.92 Å². The van der Waals surface area contributed by atoms with Crippen molar-refractivity contribution in [1.82, 2.24) is 15.5 Å². The number of hydrogen-bond acceptors (Lipinski definition) is 4. The van der Waals surface area contributed by atoms with Gasteiger partial charge in [0, 0.05) is 24.6 Å². The first-order valence-electron chi connectivity index (χ1n) is 11.7. The molecule has 3 aliphatic rings. The van der Waals surface area contributed by atoms with E-state index in [-0.39, 0.29) is 24.8 Å². The van der Waals surface area contributed by atoms with Crippen LogP contribution in [0.3, 0.4) is 0 Å². The molecule has 1 aliphatic carbocycles. The Morgan fingerprint density at radius 2 is 1.97 bits per heavy atom. The number of halogens is 4. The molecular formula is C24H27F4N3O4. The van der Waals surface area contributed by atoms with Gasteiger partial charge in [-0.1, -0.05) is 18.6 Å². The average molecular weight is 497 g/mol. The summed E-state index contributed by atoms with van der Waals surface area (Å²) in [5.74, 6) is -9.84. The highest BCUT2D eigenvalue weighted by Crippen LogP contribution is 2.44. The smallest absolute Gasteiger partial charge is 0.350 e. The summed E-state index contributed by atoms with van der Waals surface area (Å²) in [6.07, 6.45) is 2.25. The van der Waals surface area contributed by atoms with E-state index in [1.807, 2.05) is 0 Å². The average Bonchev–Trinajstić information content (AvgIpc) is 3.53. The number of ketones is 1. The third-order valence-corrected chi connectivity index (χ3v) is 7.40. The first-order chi connectivity index (χ1) is 16.6. The fourth-order valence-corrected chi connectivity index (χ4v) is 5.61. The van der Waals surface area contributed by atoms with Crippen LogP contribution in [0, 0.1) is 23.6 Å². The molecule has 3 amide bonds. The minimum Gasteiger partial charge on any atom is -0.356 e. The lowest BCUT2D eigenvalue weighted by Gasteiger charge is -2.31. The molecule has 35 heavy (non-hydrogen) atoms. The second-order valence-electron chi connectivity index (χ2n) is 9.52. The van der Waals surface area contributed by atoms with Crippen LogP contribution < -0.4 is 10.6 Å². The summed E-state index contributed by atoms with van der Waals surface area (Å²) < 4.78 is 57.0. The Bertz CT molecular complexity index is 1020. The van der Waals surface area contributed by atoms with Gasteiger partial charge in [-0.2, -0.15) is 8.78 Å². The van der Waals surface area contributed by atoms with Crippen LogP contribution >= 0.6 is 0 Å². The summed E-state index contributed by atoms with van der Waals surface area (Å²) >= 11 is 0. The summed E-state index contributed by atoms with van der Waals surface area (Å²) in [6, 6.07) is 0.972. The van der Waals surface area contributed by atoms with Crippen LogP contribution in [-0.4, -0.2) is 60.3 Å². The number of hydrogen-bond donors (Lipinski definition) is 2. The van der Waals surface area contributed by atoms with Crippen molar-refractivity contribution >= 4 is 23.5 Å². The molecule has 0 spiro atoms. The van der Waals surface area contributed by atoms with Crippen LogP contribution in [0.15, 0.2) is 24.3 Å². The van der Waals surface area contributed by atoms with E-state index < -0.39 is 65.5 Å². The molecule has 4 rings (SSSR count). The van der Waals surface area contributed by atoms with Gasteiger partial charge in [0.05, 0.1) is 6.04 Å². The normalized spacial score (nSPS) is 26.9. The van der Waals surface area contributed by atoms with Gasteiger partial charge < -0.3 is 15.5 Å². The summed E-state index contributed by atoms with van der Waals surface area (Å²) in [7, 11) is 0. The Labute approximate surface area is 199 Å². The second-order valence-corrected chi connectivity index (χ2v) is 9.52. The summed E-state index contributed by atoms with van der Waals surface area (Å²) in [4.78, 5) is 51.3. The van der Waals surface area contributed by atoms with Crippen molar-refractivity contribution in [3.05, 3.63) is 35.6 Å². The minimum atomic E-state index is -4.07. The zero-order chi connectivity index (χ0) is 25.3. The standard InChI is InChI=1S/C24H27F4N3O4/c25-11-19(32)18(9-13-7-8-29-21(13)33)30-22(34)20-17-6-1-3-14(17)12-31(20)23(35)24(27,28)15-4-2-5-16(26)10-15/h2,4-5,10,13-14,17-18,20H,1,3,6-9,11-12H2,(H,29,33)(H,30,34)/t13-,14+,17+,18-,20+/m0/s1. The van der Waals surface area contributed by atoms with E-state index in [1.165, 1.54) is 0 Å². The van der Waals surface area contributed by atoms with Crippen molar-refractivity contribution in [1.29, 1.82) is 0 Å². The lowest BCUT2D eigenvalue weighted by molar-refractivity contribution is -0.162. The molecule has 2 saturated heterocycles.